The van der Waals surface area contributed by atoms with E-state index in [1.54, 1.807) is 29.2 Å². The van der Waals surface area contributed by atoms with Crippen LogP contribution in [0.4, 0.5) is 5.69 Å². The molecule has 1 aliphatic heterocycles. The molecule has 134 valence electrons. The van der Waals surface area contributed by atoms with Gasteiger partial charge in [0.2, 0.25) is 15.9 Å². The van der Waals surface area contributed by atoms with Crippen molar-refractivity contribution < 1.29 is 17.9 Å². The van der Waals surface area contributed by atoms with Gasteiger partial charge in [-0.15, -0.1) is 0 Å². The number of methoxy groups -OCH3 is 1. The summed E-state index contributed by atoms with van der Waals surface area (Å²) in [5.74, 6) is 0.437. The van der Waals surface area contributed by atoms with E-state index in [4.69, 9.17) is 4.74 Å². The lowest BCUT2D eigenvalue weighted by atomic mass is 10.1. The van der Waals surface area contributed by atoms with Crippen molar-refractivity contribution in [1.82, 2.24) is 4.90 Å². The van der Waals surface area contributed by atoms with Crippen molar-refractivity contribution in [3.63, 3.8) is 0 Å². The number of amides is 1. The minimum Gasteiger partial charge on any atom is -0.497 e. The Morgan fingerprint density at radius 1 is 1.29 bits per heavy atom. The van der Waals surface area contributed by atoms with Crippen molar-refractivity contribution in [2.24, 2.45) is 0 Å². The van der Waals surface area contributed by atoms with Gasteiger partial charge >= 0.3 is 0 Å². The largest absolute Gasteiger partial charge is 0.497 e. The Hall–Kier alpha value is -1.76. The van der Waals surface area contributed by atoms with Gasteiger partial charge in [-0.05, 0) is 37.8 Å². The fourth-order valence-electron chi connectivity index (χ4n) is 3.12. The first-order chi connectivity index (χ1) is 11.4. The molecule has 0 saturated carbocycles. The third-order valence-corrected chi connectivity index (χ3v) is 5.47. The molecule has 0 radical (unpaired) electrons. The average molecular weight is 354 g/mol. The zero-order chi connectivity index (χ0) is 17.7. The second-order valence-electron chi connectivity index (χ2n) is 6.07. The monoisotopic (exact) mass is 354 g/mol. The average Bonchev–Trinajstić information content (AvgIpc) is 2.58. The van der Waals surface area contributed by atoms with E-state index in [0.717, 1.165) is 25.5 Å². The fourth-order valence-corrected chi connectivity index (χ4v) is 4.31. The summed E-state index contributed by atoms with van der Waals surface area (Å²) in [5.41, 5.74) is 0.453. The predicted molar refractivity (Wildman–Crippen MR) is 94.8 cm³/mol. The van der Waals surface area contributed by atoms with E-state index in [9.17, 15) is 13.2 Å². The van der Waals surface area contributed by atoms with Gasteiger partial charge in [-0.25, -0.2) is 8.42 Å². The van der Waals surface area contributed by atoms with Crippen LogP contribution in [0.3, 0.4) is 0 Å². The minimum absolute atomic E-state index is 0.120. The number of ether oxygens (including phenoxy) is 1. The van der Waals surface area contributed by atoms with Gasteiger partial charge in [0.1, 0.15) is 11.8 Å². The number of rotatable bonds is 6. The second-order valence-corrected chi connectivity index (χ2v) is 7.93. The molecule has 1 aromatic rings. The highest BCUT2D eigenvalue weighted by molar-refractivity contribution is 7.92. The van der Waals surface area contributed by atoms with Gasteiger partial charge in [0.05, 0.1) is 19.1 Å². The van der Waals surface area contributed by atoms with E-state index in [1.807, 2.05) is 6.92 Å². The van der Waals surface area contributed by atoms with Gasteiger partial charge in [0.15, 0.2) is 0 Å². The summed E-state index contributed by atoms with van der Waals surface area (Å²) in [6.45, 7) is 3.24. The molecular formula is C17H26N2O4S. The van der Waals surface area contributed by atoms with Crippen LogP contribution < -0.4 is 9.04 Å². The fraction of sp³-hybridized carbons (Fsp3) is 0.588. The molecule has 0 unspecified atom stereocenters. The van der Waals surface area contributed by atoms with Gasteiger partial charge < -0.3 is 9.64 Å². The molecule has 0 bridgehead atoms. The topological polar surface area (TPSA) is 66.9 Å². The number of benzene rings is 1. The summed E-state index contributed by atoms with van der Waals surface area (Å²) in [5, 5.41) is 0. The number of anilines is 1. The molecule has 1 amide bonds. The van der Waals surface area contributed by atoms with Crippen molar-refractivity contribution >= 4 is 21.6 Å². The molecule has 1 heterocycles. The van der Waals surface area contributed by atoms with Crippen LogP contribution in [0.15, 0.2) is 24.3 Å². The molecule has 2 rings (SSSR count). The Morgan fingerprint density at radius 2 is 1.96 bits per heavy atom. The number of carbonyl (C=O) groups excluding carboxylic acids is 1. The first-order valence-electron chi connectivity index (χ1n) is 8.30. The molecule has 1 aromatic carbocycles. The maximum atomic E-state index is 12.9. The Labute approximate surface area is 144 Å². The zero-order valence-electron chi connectivity index (χ0n) is 14.6. The van der Waals surface area contributed by atoms with Crippen LogP contribution in [0.5, 0.6) is 5.75 Å². The van der Waals surface area contributed by atoms with E-state index < -0.39 is 16.1 Å². The van der Waals surface area contributed by atoms with E-state index in [0.29, 0.717) is 30.9 Å². The summed E-state index contributed by atoms with van der Waals surface area (Å²) in [6.07, 6.45) is 4.62. The minimum atomic E-state index is -3.61. The van der Waals surface area contributed by atoms with Crippen LogP contribution >= 0.6 is 0 Å². The predicted octanol–water partition coefficient (Wildman–Crippen LogP) is 2.25. The molecule has 7 heteroatoms. The Bertz CT molecular complexity index is 669. The summed E-state index contributed by atoms with van der Waals surface area (Å²) in [4.78, 5) is 14.7. The second kappa shape index (κ2) is 7.88. The van der Waals surface area contributed by atoms with Gasteiger partial charge in [0, 0.05) is 19.2 Å². The van der Waals surface area contributed by atoms with Gasteiger partial charge in [0.25, 0.3) is 0 Å². The molecule has 1 atom stereocenters. The summed E-state index contributed by atoms with van der Waals surface area (Å²) < 4.78 is 31.3. The van der Waals surface area contributed by atoms with Crippen molar-refractivity contribution in [3.05, 3.63) is 24.3 Å². The molecule has 0 spiro atoms. The molecule has 0 aromatic heterocycles. The number of hydrogen-bond donors (Lipinski definition) is 0. The third-order valence-electron chi connectivity index (χ3n) is 4.29. The lowest BCUT2D eigenvalue weighted by molar-refractivity contribution is -0.133. The first kappa shape index (κ1) is 18.6. The first-order valence-corrected chi connectivity index (χ1v) is 10.2. The smallest absolute Gasteiger partial charge is 0.246 e. The van der Waals surface area contributed by atoms with Crippen LogP contribution in [-0.4, -0.2) is 51.7 Å². The molecule has 24 heavy (non-hydrogen) atoms. The van der Waals surface area contributed by atoms with Crippen LogP contribution in [-0.2, 0) is 14.8 Å². The Morgan fingerprint density at radius 3 is 2.50 bits per heavy atom. The summed E-state index contributed by atoms with van der Waals surface area (Å²) in [6, 6.07) is 6.08. The highest BCUT2D eigenvalue weighted by Crippen LogP contribution is 2.27. The van der Waals surface area contributed by atoms with Gasteiger partial charge in [-0.2, -0.15) is 0 Å². The van der Waals surface area contributed by atoms with E-state index in [1.165, 1.54) is 11.4 Å². The standard InChI is InChI=1S/C17H26N2O4S/c1-4-16(17(20)18-11-6-5-7-12-18)19(24(3,21)22)14-9-8-10-15(13-14)23-2/h8-10,13,16H,4-7,11-12H2,1-3H3/t16-/m0/s1. The summed E-state index contributed by atoms with van der Waals surface area (Å²) in [7, 11) is -2.08. The quantitative estimate of drug-likeness (QED) is 0.786. The molecule has 1 saturated heterocycles. The van der Waals surface area contributed by atoms with Gasteiger partial charge in [-0.1, -0.05) is 13.0 Å². The van der Waals surface area contributed by atoms with E-state index in [-0.39, 0.29) is 5.91 Å². The van der Waals surface area contributed by atoms with Crippen molar-refractivity contribution in [1.29, 1.82) is 0 Å². The van der Waals surface area contributed by atoms with Crippen molar-refractivity contribution in [3.8, 4) is 5.75 Å². The van der Waals surface area contributed by atoms with Crippen LogP contribution in [0.25, 0.3) is 0 Å². The maximum absolute atomic E-state index is 12.9. The Kier molecular flexibility index (Phi) is 6.10. The van der Waals surface area contributed by atoms with Gasteiger partial charge in [-0.3, -0.25) is 9.10 Å². The molecule has 1 fully saturated rings. The highest BCUT2D eigenvalue weighted by Gasteiger charge is 2.34. The Balaban J connectivity index is 2.39. The van der Waals surface area contributed by atoms with Crippen LogP contribution in [0.1, 0.15) is 32.6 Å². The van der Waals surface area contributed by atoms with Crippen LogP contribution in [0, 0.1) is 0 Å². The number of likely N-dealkylation sites (tertiary alicyclic amines) is 1. The lowest BCUT2D eigenvalue weighted by Gasteiger charge is -2.35. The molecule has 0 aliphatic carbocycles. The zero-order valence-corrected chi connectivity index (χ0v) is 15.4. The number of hydrogen-bond acceptors (Lipinski definition) is 4. The number of nitrogens with zero attached hydrogens (tertiary/aromatic N) is 2. The van der Waals surface area contributed by atoms with E-state index >= 15 is 0 Å². The summed E-state index contributed by atoms with van der Waals surface area (Å²) >= 11 is 0. The third kappa shape index (κ3) is 4.20. The SMILES string of the molecule is CC[C@@H](C(=O)N1CCCCC1)N(c1cccc(OC)c1)S(C)(=O)=O. The normalized spacial score (nSPS) is 16.5. The molecule has 1 aliphatic rings. The van der Waals surface area contributed by atoms with Crippen LogP contribution in [0.2, 0.25) is 0 Å². The number of sulfonamides is 1. The van der Waals surface area contributed by atoms with Crippen molar-refractivity contribution in [2.45, 2.75) is 38.6 Å². The number of carbonyl (C=O) groups is 1. The van der Waals surface area contributed by atoms with Crippen molar-refractivity contribution in [2.75, 3.05) is 30.8 Å². The molecular weight excluding hydrogens is 328 g/mol. The van der Waals surface area contributed by atoms with E-state index in [2.05, 4.69) is 0 Å². The number of piperidine rings is 1. The maximum Gasteiger partial charge on any atom is 0.246 e. The lowest BCUT2D eigenvalue weighted by Crippen LogP contribution is -2.51. The molecule has 6 nitrogen and oxygen atoms in total. The highest BCUT2D eigenvalue weighted by atomic mass is 32.2. The molecule has 0 N–H and O–H groups in total.